The molecule has 0 atom stereocenters. The van der Waals surface area contributed by atoms with Crippen LogP contribution in [0.1, 0.15) is 42.5 Å². The van der Waals surface area contributed by atoms with Gasteiger partial charge in [-0.05, 0) is 49.6 Å². The maximum absolute atomic E-state index is 13.7. The highest BCUT2D eigenvalue weighted by Crippen LogP contribution is 2.31. The number of nitrogens with one attached hydrogen (secondary N) is 2. The van der Waals surface area contributed by atoms with E-state index in [0.717, 1.165) is 31.4 Å². The van der Waals surface area contributed by atoms with Gasteiger partial charge in [-0.25, -0.2) is 17.2 Å². The van der Waals surface area contributed by atoms with E-state index in [1.54, 1.807) is 6.07 Å². The van der Waals surface area contributed by atoms with E-state index in [-0.39, 0.29) is 41.5 Å². The van der Waals surface area contributed by atoms with Crippen LogP contribution in [0.3, 0.4) is 0 Å². The predicted molar refractivity (Wildman–Crippen MR) is 122 cm³/mol. The first-order chi connectivity index (χ1) is 16.2. The molecule has 11 heteroatoms. The molecule has 2 amide bonds. The minimum atomic E-state index is -3.77. The molecule has 2 aromatic rings. The number of anilines is 1. The number of hydrogen-bond acceptors (Lipinski definition) is 5. The van der Waals surface area contributed by atoms with Gasteiger partial charge in [-0.1, -0.05) is 6.42 Å². The van der Waals surface area contributed by atoms with Gasteiger partial charge in [-0.15, -0.1) is 0 Å². The van der Waals surface area contributed by atoms with E-state index < -0.39 is 27.6 Å². The molecule has 1 aliphatic rings. The van der Waals surface area contributed by atoms with Crippen LogP contribution >= 0.6 is 0 Å². The first kappa shape index (κ1) is 25.6. The van der Waals surface area contributed by atoms with Gasteiger partial charge in [-0.3, -0.25) is 9.59 Å². The molecule has 1 heterocycles. The summed E-state index contributed by atoms with van der Waals surface area (Å²) in [5.74, 6) is -2.64. The maximum atomic E-state index is 13.7. The number of ether oxygens (including phenoxy) is 1. The van der Waals surface area contributed by atoms with Crippen LogP contribution in [0.4, 0.5) is 14.5 Å². The largest absolute Gasteiger partial charge is 0.495 e. The van der Waals surface area contributed by atoms with Crippen molar-refractivity contribution >= 4 is 27.5 Å². The molecule has 1 fully saturated rings. The summed E-state index contributed by atoms with van der Waals surface area (Å²) in [6.07, 6.45) is 2.87. The van der Waals surface area contributed by atoms with Crippen molar-refractivity contribution in [2.75, 3.05) is 32.1 Å². The highest BCUT2D eigenvalue weighted by molar-refractivity contribution is 7.89. The molecule has 2 aromatic carbocycles. The third-order valence-corrected chi connectivity index (χ3v) is 7.34. The Labute approximate surface area is 197 Å². The molecule has 8 nitrogen and oxygen atoms in total. The van der Waals surface area contributed by atoms with Gasteiger partial charge < -0.3 is 15.4 Å². The van der Waals surface area contributed by atoms with Gasteiger partial charge in [0.25, 0.3) is 5.91 Å². The molecule has 0 radical (unpaired) electrons. The first-order valence-corrected chi connectivity index (χ1v) is 12.4. The molecule has 0 spiro atoms. The molecule has 0 aliphatic carbocycles. The van der Waals surface area contributed by atoms with E-state index in [9.17, 15) is 26.8 Å². The van der Waals surface area contributed by atoms with Gasteiger partial charge in [0.15, 0.2) is 0 Å². The van der Waals surface area contributed by atoms with E-state index in [1.807, 2.05) is 0 Å². The van der Waals surface area contributed by atoms with Gasteiger partial charge in [0.05, 0.1) is 12.7 Å². The number of sulfonamides is 1. The van der Waals surface area contributed by atoms with Crippen molar-refractivity contribution in [2.24, 2.45) is 0 Å². The fraction of sp³-hybridized carbons (Fsp3) is 0.391. The van der Waals surface area contributed by atoms with Crippen molar-refractivity contribution in [2.45, 2.75) is 37.0 Å². The zero-order valence-electron chi connectivity index (χ0n) is 18.8. The Kier molecular flexibility index (Phi) is 8.56. The molecule has 0 bridgehead atoms. The highest BCUT2D eigenvalue weighted by Gasteiger charge is 2.29. The van der Waals surface area contributed by atoms with Crippen molar-refractivity contribution in [3.63, 3.8) is 0 Å². The minimum Gasteiger partial charge on any atom is -0.495 e. The third kappa shape index (κ3) is 6.29. The van der Waals surface area contributed by atoms with E-state index in [4.69, 9.17) is 4.74 Å². The minimum absolute atomic E-state index is 0.0108. The van der Waals surface area contributed by atoms with Gasteiger partial charge in [0, 0.05) is 37.8 Å². The lowest BCUT2D eigenvalue weighted by atomic mass is 10.2. The number of benzene rings is 2. The number of carbonyl (C=O) groups is 2. The van der Waals surface area contributed by atoms with E-state index >= 15 is 0 Å². The lowest BCUT2D eigenvalue weighted by Gasteiger charge is -2.26. The zero-order chi connectivity index (χ0) is 24.7. The number of hydrogen-bond donors (Lipinski definition) is 2. The molecular weight excluding hydrogens is 468 g/mol. The normalized spacial score (nSPS) is 14.4. The van der Waals surface area contributed by atoms with E-state index in [2.05, 4.69) is 10.6 Å². The van der Waals surface area contributed by atoms with Crippen LogP contribution in [0, 0.1) is 11.6 Å². The Morgan fingerprint density at radius 2 is 1.79 bits per heavy atom. The summed E-state index contributed by atoms with van der Waals surface area (Å²) in [6.45, 7) is 0.978. The fourth-order valence-corrected chi connectivity index (χ4v) is 5.34. The number of halogens is 2. The third-order valence-electron chi connectivity index (χ3n) is 5.42. The molecule has 0 saturated carbocycles. The Morgan fingerprint density at radius 3 is 2.47 bits per heavy atom. The number of nitrogens with zero attached hydrogens (tertiary/aromatic N) is 1. The molecule has 1 aliphatic heterocycles. The van der Waals surface area contributed by atoms with Crippen molar-refractivity contribution in [3.05, 3.63) is 53.6 Å². The van der Waals surface area contributed by atoms with Crippen LogP contribution in [0.5, 0.6) is 5.75 Å². The van der Waals surface area contributed by atoms with Crippen LogP contribution in [-0.4, -0.2) is 51.3 Å². The number of methoxy groups -OCH3 is 1. The van der Waals surface area contributed by atoms with Crippen molar-refractivity contribution in [1.29, 1.82) is 0 Å². The number of piperidine rings is 1. The quantitative estimate of drug-likeness (QED) is 0.520. The molecule has 2 N–H and O–H groups in total. The molecule has 3 rings (SSSR count). The molecule has 184 valence electrons. The van der Waals surface area contributed by atoms with Crippen LogP contribution in [0.25, 0.3) is 0 Å². The highest BCUT2D eigenvalue weighted by atomic mass is 32.2. The predicted octanol–water partition coefficient (Wildman–Crippen LogP) is 3.30. The second-order valence-corrected chi connectivity index (χ2v) is 9.77. The van der Waals surface area contributed by atoms with Crippen LogP contribution in [0.2, 0.25) is 0 Å². The smallest absolute Gasteiger partial charge is 0.254 e. The summed E-state index contributed by atoms with van der Waals surface area (Å²) in [6, 6.07) is 7.07. The van der Waals surface area contributed by atoms with Crippen molar-refractivity contribution < 1.29 is 31.5 Å². The molecule has 0 unspecified atom stereocenters. The van der Waals surface area contributed by atoms with E-state index in [1.165, 1.54) is 23.5 Å². The number of carbonyl (C=O) groups excluding carboxylic acids is 2. The Morgan fingerprint density at radius 1 is 1.06 bits per heavy atom. The second kappa shape index (κ2) is 11.4. The summed E-state index contributed by atoms with van der Waals surface area (Å²) in [5.41, 5.74) is 0.0188. The van der Waals surface area contributed by atoms with Crippen molar-refractivity contribution in [1.82, 2.24) is 9.62 Å². The summed E-state index contributed by atoms with van der Waals surface area (Å²) in [4.78, 5) is 24.3. The average Bonchev–Trinajstić information content (AvgIpc) is 2.82. The van der Waals surface area contributed by atoms with E-state index in [0.29, 0.717) is 24.8 Å². The van der Waals surface area contributed by atoms with Gasteiger partial charge >= 0.3 is 0 Å². The van der Waals surface area contributed by atoms with Gasteiger partial charge in [0.2, 0.25) is 15.9 Å². The molecule has 0 aromatic heterocycles. The lowest BCUT2D eigenvalue weighted by Crippen LogP contribution is -2.35. The van der Waals surface area contributed by atoms with Gasteiger partial charge in [-0.2, -0.15) is 4.31 Å². The lowest BCUT2D eigenvalue weighted by molar-refractivity contribution is -0.116. The van der Waals surface area contributed by atoms with Crippen LogP contribution in [-0.2, 0) is 14.8 Å². The summed E-state index contributed by atoms with van der Waals surface area (Å²) >= 11 is 0. The number of rotatable bonds is 9. The molecule has 34 heavy (non-hydrogen) atoms. The topological polar surface area (TPSA) is 105 Å². The Bertz CT molecular complexity index is 1150. The SMILES string of the molecule is COc1ccc(NC(=O)CCCNC(=O)c2ccc(F)cc2F)cc1S(=O)(=O)N1CCCCC1. The Hall–Kier alpha value is -3.05. The monoisotopic (exact) mass is 495 g/mol. The van der Waals surface area contributed by atoms with Gasteiger partial charge in [0.1, 0.15) is 22.3 Å². The maximum Gasteiger partial charge on any atom is 0.254 e. The summed E-state index contributed by atoms with van der Waals surface area (Å²) in [7, 11) is -2.39. The number of amides is 2. The van der Waals surface area contributed by atoms with Crippen LogP contribution in [0.15, 0.2) is 41.3 Å². The summed E-state index contributed by atoms with van der Waals surface area (Å²) < 4.78 is 59.4. The van der Waals surface area contributed by atoms with Crippen molar-refractivity contribution in [3.8, 4) is 5.75 Å². The average molecular weight is 496 g/mol. The fourth-order valence-electron chi connectivity index (χ4n) is 3.64. The summed E-state index contributed by atoms with van der Waals surface area (Å²) in [5, 5.41) is 5.13. The standard InChI is InChI=1S/C23H27F2N3O5S/c1-33-20-10-8-17(15-21(20)34(31,32)28-12-3-2-4-13-28)27-22(29)6-5-11-26-23(30)18-9-7-16(24)14-19(18)25/h7-10,14-15H,2-6,11-13H2,1H3,(H,26,30)(H,27,29). The zero-order valence-corrected chi connectivity index (χ0v) is 19.6. The first-order valence-electron chi connectivity index (χ1n) is 10.9. The Balaban J connectivity index is 1.56. The molecule has 1 saturated heterocycles. The molecular formula is C23H27F2N3O5S. The van der Waals surface area contributed by atoms with Crippen LogP contribution < -0.4 is 15.4 Å². The second-order valence-electron chi connectivity index (χ2n) is 7.86.